The molecule has 68 valence electrons. The molecular weight excluding hydrogens is 170 g/mol. The predicted octanol–water partition coefficient (Wildman–Crippen LogP) is 2.17. The summed E-state index contributed by atoms with van der Waals surface area (Å²) in [6.45, 7) is 2.91. The van der Waals surface area contributed by atoms with E-state index in [-0.39, 0.29) is 12.4 Å². The molecule has 0 atom stereocenters. The zero-order chi connectivity index (χ0) is 8.10. The lowest BCUT2D eigenvalue weighted by atomic mass is 10.1. The fourth-order valence-corrected chi connectivity index (χ4v) is 1.17. The van der Waals surface area contributed by atoms with Gasteiger partial charge in [0.2, 0.25) is 0 Å². The number of hydrogen-bond donors (Lipinski definition) is 1. The smallest absolute Gasteiger partial charge is 0.00367 e. The third-order valence-corrected chi connectivity index (χ3v) is 1.83. The van der Waals surface area contributed by atoms with E-state index >= 15 is 0 Å². The van der Waals surface area contributed by atoms with Crippen molar-refractivity contribution in [3.63, 3.8) is 0 Å². The van der Waals surface area contributed by atoms with Crippen molar-refractivity contribution >= 4 is 12.4 Å². The summed E-state index contributed by atoms with van der Waals surface area (Å²) in [5.74, 6) is 0. The van der Waals surface area contributed by atoms with E-state index < -0.39 is 0 Å². The van der Waals surface area contributed by atoms with Crippen LogP contribution in [-0.2, 0) is 12.8 Å². The highest BCUT2D eigenvalue weighted by Crippen LogP contribution is 2.05. The van der Waals surface area contributed by atoms with Gasteiger partial charge in [-0.25, -0.2) is 0 Å². The Balaban J connectivity index is 0.00000121. The molecule has 0 unspecified atom stereocenters. The Kier molecular flexibility index (Phi) is 5.77. The molecule has 0 saturated heterocycles. The number of halogens is 1. The molecule has 0 aromatic heterocycles. The summed E-state index contributed by atoms with van der Waals surface area (Å²) in [6.07, 6.45) is 2.10. The van der Waals surface area contributed by atoms with Crippen molar-refractivity contribution in [1.29, 1.82) is 0 Å². The van der Waals surface area contributed by atoms with Crippen molar-refractivity contribution in [1.82, 2.24) is 0 Å². The number of aryl methyl sites for hydroxylation is 1. The van der Waals surface area contributed by atoms with Crippen molar-refractivity contribution in [2.24, 2.45) is 5.73 Å². The molecular formula is C10H16ClN. The average molecular weight is 186 g/mol. The molecule has 0 fully saturated rings. The van der Waals surface area contributed by atoms with E-state index in [1.807, 2.05) is 0 Å². The number of rotatable bonds is 3. The summed E-state index contributed by atoms with van der Waals surface area (Å²) < 4.78 is 0. The third kappa shape index (κ3) is 3.24. The van der Waals surface area contributed by atoms with Crippen molar-refractivity contribution in [3.05, 3.63) is 35.4 Å². The van der Waals surface area contributed by atoms with Gasteiger partial charge in [0.1, 0.15) is 0 Å². The van der Waals surface area contributed by atoms with Gasteiger partial charge in [0.25, 0.3) is 0 Å². The Morgan fingerprint density at radius 3 is 2.50 bits per heavy atom. The number of hydrogen-bond acceptors (Lipinski definition) is 1. The SMILES string of the molecule is CCc1cccc(CCN)c1.Cl. The van der Waals surface area contributed by atoms with Crippen LogP contribution in [0.15, 0.2) is 24.3 Å². The lowest BCUT2D eigenvalue weighted by Gasteiger charge is -2.00. The minimum Gasteiger partial charge on any atom is -0.330 e. The second-order valence-corrected chi connectivity index (χ2v) is 2.71. The maximum absolute atomic E-state index is 5.45. The van der Waals surface area contributed by atoms with Gasteiger partial charge in [-0.2, -0.15) is 0 Å². The molecule has 12 heavy (non-hydrogen) atoms. The highest BCUT2D eigenvalue weighted by molar-refractivity contribution is 5.85. The van der Waals surface area contributed by atoms with Gasteiger partial charge in [-0.3, -0.25) is 0 Å². The lowest BCUT2D eigenvalue weighted by molar-refractivity contribution is 0.962. The van der Waals surface area contributed by atoms with Gasteiger partial charge in [0.05, 0.1) is 0 Å². The van der Waals surface area contributed by atoms with E-state index in [0.29, 0.717) is 0 Å². The molecule has 1 nitrogen and oxygen atoms in total. The summed E-state index contributed by atoms with van der Waals surface area (Å²) in [5, 5.41) is 0. The fourth-order valence-electron chi connectivity index (χ4n) is 1.17. The van der Waals surface area contributed by atoms with Crippen LogP contribution in [0.2, 0.25) is 0 Å². The standard InChI is InChI=1S/C10H15N.ClH/c1-2-9-4-3-5-10(8-9)6-7-11;/h3-5,8H,2,6-7,11H2,1H3;1H. The van der Waals surface area contributed by atoms with Crippen LogP contribution in [0.1, 0.15) is 18.1 Å². The molecule has 1 aromatic carbocycles. The zero-order valence-corrected chi connectivity index (χ0v) is 8.23. The molecule has 1 rings (SSSR count). The monoisotopic (exact) mass is 185 g/mol. The van der Waals surface area contributed by atoms with Crippen LogP contribution in [0.3, 0.4) is 0 Å². The van der Waals surface area contributed by atoms with E-state index in [2.05, 4.69) is 31.2 Å². The van der Waals surface area contributed by atoms with E-state index in [9.17, 15) is 0 Å². The highest BCUT2D eigenvalue weighted by atomic mass is 35.5. The van der Waals surface area contributed by atoms with Gasteiger partial charge < -0.3 is 5.73 Å². The van der Waals surface area contributed by atoms with Crippen molar-refractivity contribution < 1.29 is 0 Å². The Morgan fingerprint density at radius 1 is 1.25 bits per heavy atom. The van der Waals surface area contributed by atoms with E-state index in [1.54, 1.807) is 0 Å². The minimum atomic E-state index is 0. The summed E-state index contributed by atoms with van der Waals surface area (Å²) in [6, 6.07) is 8.61. The van der Waals surface area contributed by atoms with Crippen LogP contribution < -0.4 is 5.73 Å². The van der Waals surface area contributed by atoms with Crippen molar-refractivity contribution in [3.8, 4) is 0 Å². The van der Waals surface area contributed by atoms with Crippen LogP contribution in [0, 0.1) is 0 Å². The van der Waals surface area contributed by atoms with Crippen LogP contribution >= 0.6 is 12.4 Å². The second-order valence-electron chi connectivity index (χ2n) is 2.71. The number of nitrogens with two attached hydrogens (primary N) is 1. The van der Waals surface area contributed by atoms with Crippen LogP contribution in [0.4, 0.5) is 0 Å². The largest absolute Gasteiger partial charge is 0.330 e. The molecule has 0 amide bonds. The summed E-state index contributed by atoms with van der Waals surface area (Å²) in [4.78, 5) is 0. The Labute approximate surface area is 80.4 Å². The van der Waals surface area contributed by atoms with Gasteiger partial charge in [-0.05, 0) is 30.5 Å². The molecule has 0 saturated carbocycles. The van der Waals surface area contributed by atoms with E-state index in [0.717, 1.165) is 19.4 Å². The molecule has 0 bridgehead atoms. The first kappa shape index (κ1) is 11.5. The van der Waals surface area contributed by atoms with Gasteiger partial charge in [0, 0.05) is 0 Å². The van der Waals surface area contributed by atoms with E-state index in [4.69, 9.17) is 5.73 Å². The summed E-state index contributed by atoms with van der Waals surface area (Å²) >= 11 is 0. The quantitative estimate of drug-likeness (QED) is 0.768. The molecule has 0 radical (unpaired) electrons. The van der Waals surface area contributed by atoms with Gasteiger partial charge in [-0.15, -0.1) is 12.4 Å². The molecule has 2 N–H and O–H groups in total. The normalized spacial score (nSPS) is 9.17. The maximum Gasteiger partial charge on any atom is -0.00367 e. The molecule has 0 aliphatic rings. The Bertz CT molecular complexity index is 223. The lowest BCUT2D eigenvalue weighted by Crippen LogP contribution is -2.02. The van der Waals surface area contributed by atoms with Gasteiger partial charge >= 0.3 is 0 Å². The summed E-state index contributed by atoms with van der Waals surface area (Å²) in [5.41, 5.74) is 8.20. The maximum atomic E-state index is 5.45. The second kappa shape index (κ2) is 6.04. The van der Waals surface area contributed by atoms with Crippen LogP contribution in [0.25, 0.3) is 0 Å². The van der Waals surface area contributed by atoms with Gasteiger partial charge in [0.15, 0.2) is 0 Å². The number of benzene rings is 1. The molecule has 0 aliphatic heterocycles. The molecule has 2 heteroatoms. The van der Waals surface area contributed by atoms with Crippen molar-refractivity contribution in [2.75, 3.05) is 6.54 Å². The third-order valence-electron chi connectivity index (χ3n) is 1.83. The highest BCUT2D eigenvalue weighted by Gasteiger charge is 1.91. The zero-order valence-electron chi connectivity index (χ0n) is 7.42. The van der Waals surface area contributed by atoms with Gasteiger partial charge in [-0.1, -0.05) is 31.2 Å². The van der Waals surface area contributed by atoms with Crippen LogP contribution in [0.5, 0.6) is 0 Å². The first-order chi connectivity index (χ1) is 5.36. The predicted molar refractivity (Wildman–Crippen MR) is 55.8 cm³/mol. The average Bonchev–Trinajstić information content (AvgIpc) is 2.06. The fraction of sp³-hybridized carbons (Fsp3) is 0.400. The molecule has 0 aliphatic carbocycles. The molecule has 1 aromatic rings. The first-order valence-corrected chi connectivity index (χ1v) is 4.14. The topological polar surface area (TPSA) is 26.0 Å². The Morgan fingerprint density at radius 2 is 1.92 bits per heavy atom. The van der Waals surface area contributed by atoms with E-state index in [1.165, 1.54) is 11.1 Å². The molecule has 0 heterocycles. The minimum absolute atomic E-state index is 0. The van der Waals surface area contributed by atoms with Crippen LogP contribution in [-0.4, -0.2) is 6.54 Å². The summed E-state index contributed by atoms with van der Waals surface area (Å²) in [7, 11) is 0. The first-order valence-electron chi connectivity index (χ1n) is 4.14. The Hall–Kier alpha value is -0.530. The molecule has 0 spiro atoms. The van der Waals surface area contributed by atoms with Crippen molar-refractivity contribution in [2.45, 2.75) is 19.8 Å².